The molecule has 1 aromatic heterocycles. The van der Waals surface area contributed by atoms with Gasteiger partial charge in [0.15, 0.2) is 23.1 Å². The predicted molar refractivity (Wildman–Crippen MR) is 81.1 cm³/mol. The van der Waals surface area contributed by atoms with Crippen LogP contribution in [-0.4, -0.2) is 23.2 Å². The summed E-state index contributed by atoms with van der Waals surface area (Å²) in [6, 6.07) is 0. The number of rotatable bonds is 3. The average Bonchev–Trinajstić information content (AvgIpc) is 2.63. The third kappa shape index (κ3) is 2.81. The molecule has 3 N–H and O–H groups in total. The van der Waals surface area contributed by atoms with Crippen LogP contribution in [0.3, 0.4) is 0 Å². The second-order valence-corrected chi connectivity index (χ2v) is 5.10. The number of carboxylic acids is 1. The van der Waals surface area contributed by atoms with Gasteiger partial charge >= 0.3 is 5.97 Å². The van der Waals surface area contributed by atoms with Gasteiger partial charge in [-0.25, -0.2) is 18.6 Å². The number of methoxy groups -OCH3 is 1. The van der Waals surface area contributed by atoms with E-state index in [0.717, 1.165) is 0 Å². The van der Waals surface area contributed by atoms with Gasteiger partial charge in [0, 0.05) is 5.56 Å². The van der Waals surface area contributed by atoms with Crippen LogP contribution >= 0.6 is 0 Å². The van der Waals surface area contributed by atoms with Crippen LogP contribution in [0.5, 0.6) is 0 Å². The van der Waals surface area contributed by atoms with E-state index in [2.05, 4.69) is 4.98 Å². The maximum atomic E-state index is 14.7. The molecule has 0 saturated heterocycles. The third-order valence-corrected chi connectivity index (χ3v) is 3.65. The highest BCUT2D eigenvalue weighted by Crippen LogP contribution is 2.36. The van der Waals surface area contributed by atoms with E-state index in [4.69, 9.17) is 15.6 Å². The Morgan fingerprint density at radius 2 is 2.04 bits per heavy atom. The van der Waals surface area contributed by atoms with Gasteiger partial charge in [-0.2, -0.15) is 0 Å². The number of carboxylic acid groups (broad SMARTS) is 1. The summed E-state index contributed by atoms with van der Waals surface area (Å²) in [6.45, 7) is 2.99. The highest BCUT2D eigenvalue weighted by molar-refractivity contribution is 5.89. The number of nitrogens with zero attached hydrogens (tertiary/aromatic N) is 1. The second-order valence-electron chi connectivity index (χ2n) is 5.10. The Labute approximate surface area is 131 Å². The highest BCUT2D eigenvalue weighted by atomic mass is 19.1. The van der Waals surface area contributed by atoms with E-state index < -0.39 is 34.9 Å². The summed E-state index contributed by atoms with van der Waals surface area (Å²) in [7, 11) is 1.30. The van der Waals surface area contributed by atoms with Gasteiger partial charge in [0.05, 0.1) is 24.4 Å². The number of halogens is 2. The van der Waals surface area contributed by atoms with Gasteiger partial charge in [-0.05, 0) is 19.4 Å². The SMILES string of the molecule is COC1=C(F)C(c2nc(C(=O)O)c(C)c(N)c2F)C=CC=C1C. The average molecular weight is 322 g/mol. The molecule has 23 heavy (non-hydrogen) atoms. The first-order valence-electron chi connectivity index (χ1n) is 6.77. The molecule has 0 saturated carbocycles. The van der Waals surface area contributed by atoms with Crippen LogP contribution in [0.25, 0.3) is 0 Å². The van der Waals surface area contributed by atoms with Crippen molar-refractivity contribution in [3.8, 4) is 0 Å². The van der Waals surface area contributed by atoms with E-state index in [1.54, 1.807) is 13.0 Å². The number of anilines is 1. The minimum Gasteiger partial charge on any atom is -0.494 e. The van der Waals surface area contributed by atoms with E-state index in [1.807, 2.05) is 0 Å². The van der Waals surface area contributed by atoms with Crippen LogP contribution in [0.15, 0.2) is 35.4 Å². The molecular formula is C16H16F2N2O3. The number of carbonyl (C=O) groups is 1. The molecule has 1 aliphatic carbocycles. The Bertz CT molecular complexity index is 767. The van der Waals surface area contributed by atoms with Crippen LogP contribution in [0.1, 0.15) is 34.6 Å². The van der Waals surface area contributed by atoms with Crippen LogP contribution < -0.4 is 5.73 Å². The molecule has 0 aliphatic heterocycles. The summed E-state index contributed by atoms with van der Waals surface area (Å²) in [4.78, 5) is 15.0. The van der Waals surface area contributed by atoms with Gasteiger partial charge in [0.2, 0.25) is 0 Å². The number of nitrogen functional groups attached to an aromatic ring is 1. The molecule has 0 radical (unpaired) electrons. The molecule has 0 spiro atoms. The minimum absolute atomic E-state index is 0.00186. The lowest BCUT2D eigenvalue weighted by molar-refractivity contribution is 0.0689. The molecule has 1 aliphatic rings. The van der Waals surface area contributed by atoms with Crippen LogP contribution in [0.4, 0.5) is 14.5 Å². The lowest BCUT2D eigenvalue weighted by Crippen LogP contribution is -2.15. The summed E-state index contributed by atoms with van der Waals surface area (Å²) in [6.07, 6.45) is 4.51. The Hall–Kier alpha value is -2.70. The van der Waals surface area contributed by atoms with Crippen molar-refractivity contribution >= 4 is 11.7 Å². The van der Waals surface area contributed by atoms with Crippen LogP contribution in [0, 0.1) is 12.7 Å². The Balaban J connectivity index is 2.71. The minimum atomic E-state index is -1.36. The molecule has 0 aromatic carbocycles. The van der Waals surface area contributed by atoms with Gasteiger partial charge in [-0.3, -0.25) is 0 Å². The number of allylic oxidation sites excluding steroid dienone is 5. The smallest absolute Gasteiger partial charge is 0.354 e. The number of nitrogens with two attached hydrogens (primary N) is 1. The fraction of sp³-hybridized carbons (Fsp3) is 0.250. The van der Waals surface area contributed by atoms with Crippen LogP contribution in [-0.2, 0) is 4.74 Å². The topological polar surface area (TPSA) is 85.4 Å². The molecule has 122 valence electrons. The highest BCUT2D eigenvalue weighted by Gasteiger charge is 2.29. The third-order valence-electron chi connectivity index (χ3n) is 3.65. The maximum absolute atomic E-state index is 14.7. The van der Waals surface area contributed by atoms with E-state index in [9.17, 15) is 13.6 Å². The van der Waals surface area contributed by atoms with Crippen molar-refractivity contribution in [2.45, 2.75) is 19.8 Å². The van der Waals surface area contributed by atoms with Gasteiger partial charge in [0.25, 0.3) is 0 Å². The number of ether oxygens (including phenoxy) is 1. The normalized spacial score (nSPS) is 17.8. The monoisotopic (exact) mass is 322 g/mol. The molecule has 0 fully saturated rings. The fourth-order valence-corrected chi connectivity index (χ4v) is 2.37. The molecule has 1 atom stereocenters. The molecule has 1 aromatic rings. The summed E-state index contributed by atoms with van der Waals surface area (Å²) < 4.78 is 34.2. The van der Waals surface area contributed by atoms with Crippen molar-refractivity contribution in [2.75, 3.05) is 12.8 Å². The first kappa shape index (κ1) is 16.7. The number of pyridine rings is 1. The van der Waals surface area contributed by atoms with E-state index in [0.29, 0.717) is 5.57 Å². The van der Waals surface area contributed by atoms with Gasteiger partial charge < -0.3 is 15.6 Å². The van der Waals surface area contributed by atoms with Crippen LogP contribution in [0.2, 0.25) is 0 Å². The van der Waals surface area contributed by atoms with E-state index >= 15 is 0 Å². The number of hydrogen-bond donors (Lipinski definition) is 2. The van der Waals surface area contributed by atoms with Crippen molar-refractivity contribution in [1.82, 2.24) is 4.98 Å². The van der Waals surface area contributed by atoms with E-state index in [1.165, 1.54) is 26.2 Å². The Morgan fingerprint density at radius 3 is 2.61 bits per heavy atom. The quantitative estimate of drug-likeness (QED) is 0.892. The summed E-state index contributed by atoms with van der Waals surface area (Å²) in [5.74, 6) is -4.33. The maximum Gasteiger partial charge on any atom is 0.354 e. The molecule has 0 amide bonds. The standard InChI is InChI=1S/C16H16F2N2O3/c1-7-5-4-6-9(10(17)15(7)23-3)14-11(18)12(19)8(2)13(20-14)16(21)22/h4-6,9H,1-3H3,(H2,19,20)(H,21,22). The largest absolute Gasteiger partial charge is 0.494 e. The summed E-state index contributed by atoms with van der Waals surface area (Å²) in [5, 5.41) is 9.17. The summed E-state index contributed by atoms with van der Waals surface area (Å²) in [5.41, 5.74) is 4.98. The summed E-state index contributed by atoms with van der Waals surface area (Å²) >= 11 is 0. The zero-order valence-electron chi connectivity index (χ0n) is 12.9. The van der Waals surface area contributed by atoms with Gasteiger partial charge in [-0.15, -0.1) is 0 Å². The van der Waals surface area contributed by atoms with Gasteiger partial charge in [-0.1, -0.05) is 18.2 Å². The first-order chi connectivity index (χ1) is 10.8. The Kier molecular flexibility index (Phi) is 4.49. The lowest BCUT2D eigenvalue weighted by Gasteiger charge is -2.17. The Morgan fingerprint density at radius 1 is 1.39 bits per heavy atom. The van der Waals surface area contributed by atoms with Crippen molar-refractivity contribution in [2.24, 2.45) is 0 Å². The predicted octanol–water partition coefficient (Wildman–Crippen LogP) is 3.24. The van der Waals surface area contributed by atoms with Gasteiger partial charge in [0.1, 0.15) is 0 Å². The molecule has 1 unspecified atom stereocenters. The van der Waals surface area contributed by atoms with E-state index in [-0.39, 0.29) is 17.0 Å². The fourth-order valence-electron chi connectivity index (χ4n) is 2.37. The molecule has 0 bridgehead atoms. The lowest BCUT2D eigenvalue weighted by atomic mass is 9.98. The number of hydrogen-bond acceptors (Lipinski definition) is 4. The van der Waals surface area contributed by atoms with Crippen molar-refractivity contribution in [1.29, 1.82) is 0 Å². The molecule has 1 heterocycles. The zero-order chi connectivity index (χ0) is 17.3. The number of aromatic nitrogens is 1. The first-order valence-corrected chi connectivity index (χ1v) is 6.77. The molecule has 7 heteroatoms. The van der Waals surface area contributed by atoms with Crippen molar-refractivity contribution in [3.63, 3.8) is 0 Å². The zero-order valence-corrected chi connectivity index (χ0v) is 12.9. The second kappa shape index (κ2) is 6.20. The van der Waals surface area contributed by atoms with Crippen molar-refractivity contribution < 1.29 is 23.4 Å². The molecule has 5 nitrogen and oxygen atoms in total. The molecular weight excluding hydrogens is 306 g/mol. The molecule has 2 rings (SSSR count). The number of aromatic carboxylic acids is 1. The van der Waals surface area contributed by atoms with Crippen molar-refractivity contribution in [3.05, 3.63) is 58.2 Å².